The average molecular weight is 290 g/mol. The molecule has 0 amide bonds. The van der Waals surface area contributed by atoms with Crippen LogP contribution in [0.25, 0.3) is 0 Å². The predicted octanol–water partition coefficient (Wildman–Crippen LogP) is -0.229. The number of Topliss-reactive ketones (excluding diaryl/α,β-unsaturated/α-hetero) is 1. The maximum absolute atomic E-state index is 12.4. The molecule has 4 atom stereocenters. The molecule has 2 rings (SSSR count). The van der Waals surface area contributed by atoms with Crippen molar-refractivity contribution in [2.24, 2.45) is 22.0 Å². The van der Waals surface area contributed by atoms with Gasteiger partial charge in [-0.25, -0.2) is 0 Å². The molecule has 0 bridgehead atoms. The van der Waals surface area contributed by atoms with Crippen molar-refractivity contribution >= 4 is 5.78 Å². The Kier molecular flexibility index (Phi) is 2.77. The van der Waals surface area contributed by atoms with E-state index in [1.165, 1.54) is 28.1 Å². The van der Waals surface area contributed by atoms with Crippen molar-refractivity contribution < 1.29 is 19.0 Å². The minimum atomic E-state index is -2.12. The van der Waals surface area contributed by atoms with Crippen molar-refractivity contribution in [3.8, 4) is 18.2 Å². The topological polar surface area (TPSA) is 142 Å². The Morgan fingerprint density at radius 3 is 1.95 bits per heavy atom. The van der Waals surface area contributed by atoms with Gasteiger partial charge >= 0.3 is 0 Å². The van der Waals surface area contributed by atoms with Crippen LogP contribution >= 0.6 is 0 Å². The van der Waals surface area contributed by atoms with E-state index in [1.807, 2.05) is 6.07 Å². The minimum Gasteiger partial charge on any atom is -0.352 e. The predicted molar refractivity (Wildman–Crippen MR) is 65.2 cm³/mol. The molecule has 1 aliphatic carbocycles. The lowest BCUT2D eigenvalue weighted by Gasteiger charge is -2.37. The second kappa shape index (κ2) is 3.79. The fraction of sp³-hybridized carbons (Fsp3) is 0.692. The molecule has 110 valence electrons. The van der Waals surface area contributed by atoms with Gasteiger partial charge in [-0.1, -0.05) is 0 Å². The van der Waals surface area contributed by atoms with E-state index in [0.29, 0.717) is 0 Å². The third-order valence-electron chi connectivity index (χ3n) is 4.90. The first-order valence-corrected chi connectivity index (χ1v) is 6.05. The summed E-state index contributed by atoms with van der Waals surface area (Å²) in [5.74, 6) is -4.46. The third-order valence-corrected chi connectivity index (χ3v) is 4.90. The van der Waals surface area contributed by atoms with Gasteiger partial charge in [-0.3, -0.25) is 10.5 Å². The van der Waals surface area contributed by atoms with Crippen LogP contribution in [-0.4, -0.2) is 31.7 Å². The van der Waals surface area contributed by atoms with Crippen LogP contribution in [0.1, 0.15) is 13.8 Å². The third kappa shape index (κ3) is 0.994. The molecule has 1 saturated carbocycles. The normalized spacial score (nSPS) is 45.8. The second-order valence-corrected chi connectivity index (χ2v) is 5.27. The van der Waals surface area contributed by atoms with Gasteiger partial charge in [-0.05, 0) is 13.8 Å². The summed E-state index contributed by atoms with van der Waals surface area (Å²) in [7, 11) is 2.41. The van der Waals surface area contributed by atoms with E-state index in [9.17, 15) is 20.6 Å². The first-order valence-electron chi connectivity index (χ1n) is 6.05. The summed E-state index contributed by atoms with van der Waals surface area (Å²) in [5.41, 5.74) is 0.128. The Morgan fingerprint density at radius 2 is 1.67 bits per heavy atom. The zero-order chi connectivity index (χ0) is 16.3. The van der Waals surface area contributed by atoms with Gasteiger partial charge in [-0.2, -0.15) is 15.8 Å². The second-order valence-electron chi connectivity index (χ2n) is 5.27. The Bertz CT molecular complexity index is 645. The van der Waals surface area contributed by atoms with Crippen LogP contribution in [0.4, 0.5) is 0 Å². The lowest BCUT2D eigenvalue weighted by atomic mass is 9.82. The number of fused-ring (bicyclic) bond motifs is 1. The van der Waals surface area contributed by atoms with E-state index in [2.05, 4.69) is 0 Å². The fourth-order valence-electron chi connectivity index (χ4n) is 4.05. The maximum atomic E-state index is 12.4. The SMILES string of the molecule is CO[C@]1(C)O[C@](N)(OC)[C@@]2(C#N)C(C#N)(C#N)[C@]12C(C)=O. The number of nitriles is 3. The average Bonchev–Trinajstić information content (AvgIpc) is 3.00. The highest BCUT2D eigenvalue weighted by Gasteiger charge is 3.08. The summed E-state index contributed by atoms with van der Waals surface area (Å²) in [6.45, 7) is 2.54. The van der Waals surface area contributed by atoms with E-state index in [1.54, 1.807) is 12.1 Å². The number of rotatable bonds is 3. The molecule has 0 unspecified atom stereocenters. The monoisotopic (exact) mass is 290 g/mol. The van der Waals surface area contributed by atoms with Crippen LogP contribution in [0, 0.1) is 50.2 Å². The van der Waals surface area contributed by atoms with Crippen molar-refractivity contribution in [3.63, 3.8) is 0 Å². The van der Waals surface area contributed by atoms with Crippen LogP contribution < -0.4 is 5.73 Å². The van der Waals surface area contributed by atoms with Crippen molar-refractivity contribution in [2.75, 3.05) is 14.2 Å². The number of hydrogen-bond acceptors (Lipinski definition) is 8. The molecular formula is C13H14N4O4. The van der Waals surface area contributed by atoms with Gasteiger partial charge in [-0.15, -0.1) is 0 Å². The van der Waals surface area contributed by atoms with Crippen LogP contribution in [0.2, 0.25) is 0 Å². The number of nitrogens with zero attached hydrogens (tertiary/aromatic N) is 3. The Balaban J connectivity index is 2.97. The number of nitrogens with two attached hydrogens (primary N) is 1. The zero-order valence-electron chi connectivity index (χ0n) is 12.1. The van der Waals surface area contributed by atoms with Gasteiger partial charge in [0.15, 0.2) is 16.6 Å². The molecule has 21 heavy (non-hydrogen) atoms. The number of carbonyl (C=O) groups excluding carboxylic acids is 1. The van der Waals surface area contributed by atoms with E-state index in [4.69, 9.17) is 19.9 Å². The highest BCUT2D eigenvalue weighted by Crippen LogP contribution is 2.89. The van der Waals surface area contributed by atoms with Crippen molar-refractivity contribution in [1.82, 2.24) is 0 Å². The Morgan fingerprint density at radius 1 is 1.14 bits per heavy atom. The number of carbonyl (C=O) groups is 1. The molecule has 1 aliphatic heterocycles. The lowest BCUT2D eigenvalue weighted by molar-refractivity contribution is -0.335. The van der Waals surface area contributed by atoms with E-state index < -0.39 is 33.7 Å². The van der Waals surface area contributed by atoms with Crippen molar-refractivity contribution in [1.29, 1.82) is 15.8 Å². The quantitative estimate of drug-likeness (QED) is 0.702. The number of ether oxygens (including phenoxy) is 3. The van der Waals surface area contributed by atoms with Gasteiger partial charge < -0.3 is 14.2 Å². The van der Waals surface area contributed by atoms with Crippen LogP contribution in [0.5, 0.6) is 0 Å². The summed E-state index contributed by atoms with van der Waals surface area (Å²) in [6, 6.07) is 5.38. The van der Waals surface area contributed by atoms with E-state index >= 15 is 0 Å². The highest BCUT2D eigenvalue weighted by molar-refractivity contribution is 5.95. The largest absolute Gasteiger partial charge is 0.352 e. The molecule has 0 aromatic rings. The van der Waals surface area contributed by atoms with Crippen LogP contribution in [0.3, 0.4) is 0 Å². The van der Waals surface area contributed by atoms with Crippen LogP contribution in [-0.2, 0) is 19.0 Å². The van der Waals surface area contributed by atoms with Crippen molar-refractivity contribution in [3.05, 3.63) is 0 Å². The van der Waals surface area contributed by atoms with Gasteiger partial charge in [0.1, 0.15) is 11.2 Å². The minimum absolute atomic E-state index is 0.596. The molecule has 0 spiro atoms. The Hall–Kier alpha value is -2.02. The van der Waals surface area contributed by atoms with Gasteiger partial charge in [0.2, 0.25) is 0 Å². The van der Waals surface area contributed by atoms with Crippen LogP contribution in [0.15, 0.2) is 0 Å². The summed E-state index contributed by atoms with van der Waals surface area (Å²) in [6.07, 6.45) is 0. The van der Waals surface area contributed by atoms with Gasteiger partial charge in [0, 0.05) is 14.2 Å². The molecule has 1 heterocycles. The maximum Gasteiger partial charge on any atom is 0.250 e. The lowest BCUT2D eigenvalue weighted by Crippen LogP contribution is -2.55. The molecule has 8 heteroatoms. The zero-order valence-corrected chi connectivity index (χ0v) is 12.1. The van der Waals surface area contributed by atoms with E-state index in [-0.39, 0.29) is 0 Å². The molecule has 0 aromatic heterocycles. The molecule has 0 radical (unpaired) electrons. The summed E-state index contributed by atoms with van der Waals surface area (Å²) >= 11 is 0. The van der Waals surface area contributed by atoms with Gasteiger partial charge in [0.25, 0.3) is 5.91 Å². The first kappa shape index (κ1) is 15.4. The highest BCUT2D eigenvalue weighted by atomic mass is 16.8. The van der Waals surface area contributed by atoms with E-state index in [0.717, 1.165) is 0 Å². The molecule has 2 N–H and O–H groups in total. The molecule has 1 saturated heterocycles. The molecular weight excluding hydrogens is 276 g/mol. The molecule has 8 nitrogen and oxygen atoms in total. The standard InChI is InChI=1S/C13H14N4O4/c1-8(18)12-9(2,19-3)21-13(17,20-4)11(12,7-16)10(12,5-14)6-15/h17H2,1-4H3/t9-,11+,12+,13-/m1/s1. The van der Waals surface area contributed by atoms with Crippen molar-refractivity contribution in [2.45, 2.75) is 25.5 Å². The Labute approximate surface area is 121 Å². The molecule has 0 aromatic carbocycles. The smallest absolute Gasteiger partial charge is 0.250 e. The van der Waals surface area contributed by atoms with Gasteiger partial charge in [0.05, 0.1) is 18.2 Å². The molecule has 2 aliphatic rings. The number of hydrogen-bond donors (Lipinski definition) is 1. The first-order chi connectivity index (χ1) is 9.70. The number of ketones is 1. The summed E-state index contributed by atoms with van der Waals surface area (Å²) in [5, 5.41) is 28.7. The number of methoxy groups -OCH3 is 2. The molecule has 2 fully saturated rings. The fourth-order valence-corrected chi connectivity index (χ4v) is 4.05. The summed E-state index contributed by atoms with van der Waals surface area (Å²) < 4.78 is 15.8. The summed E-state index contributed by atoms with van der Waals surface area (Å²) in [4.78, 5) is 12.4.